The third-order valence-corrected chi connectivity index (χ3v) is 6.60. The normalized spacial score (nSPS) is 13.0. The fourth-order valence-corrected chi connectivity index (χ4v) is 4.63. The molecule has 36 heavy (non-hydrogen) atoms. The summed E-state index contributed by atoms with van der Waals surface area (Å²) < 4.78 is 12.6. The minimum absolute atomic E-state index is 0.0749. The molecule has 0 saturated carbocycles. The van der Waals surface area contributed by atoms with E-state index in [4.69, 9.17) is 9.47 Å². The van der Waals surface area contributed by atoms with Crippen LogP contribution in [0.15, 0.2) is 59.4 Å². The average molecular weight is 489 g/mol. The monoisotopic (exact) mass is 488 g/mol. The van der Waals surface area contributed by atoms with Crippen LogP contribution >= 0.6 is 0 Å². The van der Waals surface area contributed by atoms with E-state index in [1.165, 1.54) is 18.7 Å². The maximum absolute atomic E-state index is 13.3. The number of ether oxygens (including phenoxy) is 2. The van der Waals surface area contributed by atoms with E-state index in [2.05, 4.69) is 12.1 Å². The first-order valence-corrected chi connectivity index (χ1v) is 12.3. The molecular formula is C29H32N2O5. The van der Waals surface area contributed by atoms with Crippen LogP contribution in [-0.2, 0) is 24.1 Å². The number of esters is 1. The van der Waals surface area contributed by atoms with Crippen molar-refractivity contribution < 1.29 is 19.1 Å². The predicted molar refractivity (Wildman–Crippen MR) is 138 cm³/mol. The molecule has 0 atom stereocenters. The molecule has 4 rings (SSSR count). The Kier molecular flexibility index (Phi) is 7.88. The molecule has 0 bridgehead atoms. The van der Waals surface area contributed by atoms with Crippen molar-refractivity contribution in [2.24, 2.45) is 0 Å². The van der Waals surface area contributed by atoms with Gasteiger partial charge >= 0.3 is 5.97 Å². The van der Waals surface area contributed by atoms with Crippen LogP contribution in [0.25, 0.3) is 0 Å². The molecule has 0 aliphatic carbocycles. The lowest BCUT2D eigenvalue weighted by molar-refractivity contribution is 0.0593. The number of pyridine rings is 1. The zero-order chi connectivity index (χ0) is 25.7. The Labute approximate surface area is 211 Å². The van der Waals surface area contributed by atoms with Gasteiger partial charge in [0.25, 0.3) is 11.5 Å². The largest absolute Gasteiger partial charge is 0.492 e. The summed E-state index contributed by atoms with van der Waals surface area (Å²) in [7, 11) is 1.32. The summed E-state index contributed by atoms with van der Waals surface area (Å²) in [5.41, 5.74) is 4.33. The van der Waals surface area contributed by atoms with Gasteiger partial charge in [-0.2, -0.15) is 0 Å². The fourth-order valence-electron chi connectivity index (χ4n) is 4.63. The second-order valence-corrected chi connectivity index (χ2v) is 9.11. The molecule has 0 fully saturated rings. The summed E-state index contributed by atoms with van der Waals surface area (Å²) in [6.45, 7) is 5.28. The third-order valence-electron chi connectivity index (χ3n) is 6.60. The molecule has 0 radical (unpaired) electrons. The second-order valence-electron chi connectivity index (χ2n) is 9.11. The van der Waals surface area contributed by atoms with Gasteiger partial charge in [0, 0.05) is 43.4 Å². The van der Waals surface area contributed by atoms with Gasteiger partial charge in [0.05, 0.1) is 13.7 Å². The van der Waals surface area contributed by atoms with E-state index < -0.39 is 5.97 Å². The molecule has 1 aliphatic heterocycles. The molecule has 1 aromatic heterocycles. The minimum Gasteiger partial charge on any atom is -0.492 e. The maximum Gasteiger partial charge on any atom is 0.343 e. The van der Waals surface area contributed by atoms with Crippen molar-refractivity contribution in [2.75, 3.05) is 26.8 Å². The molecule has 2 heterocycles. The van der Waals surface area contributed by atoms with Crippen molar-refractivity contribution in [2.45, 2.75) is 39.7 Å². The smallest absolute Gasteiger partial charge is 0.343 e. The van der Waals surface area contributed by atoms with Gasteiger partial charge in [0.15, 0.2) is 0 Å². The van der Waals surface area contributed by atoms with Crippen molar-refractivity contribution in [1.82, 2.24) is 9.47 Å². The standard InChI is InChI=1S/C29H32N2O5/c1-20-11-12-21(2)23(18-20)28(33)30-14-13-24-27(29(34)35-3)25(19-26(32)31(24)16-15-30)36-17-7-10-22-8-5-4-6-9-22/h4-6,8-9,11-12,18-19H,7,10,13-17H2,1-3H3. The number of aromatic nitrogens is 1. The third kappa shape index (κ3) is 5.51. The van der Waals surface area contributed by atoms with Crippen LogP contribution in [0.5, 0.6) is 5.75 Å². The van der Waals surface area contributed by atoms with E-state index in [0.29, 0.717) is 43.9 Å². The molecule has 188 valence electrons. The Morgan fingerprint density at radius 2 is 1.75 bits per heavy atom. The zero-order valence-electron chi connectivity index (χ0n) is 21.1. The van der Waals surface area contributed by atoms with Crippen LogP contribution in [0.2, 0.25) is 0 Å². The lowest BCUT2D eigenvalue weighted by atomic mass is 10.0. The highest BCUT2D eigenvalue weighted by molar-refractivity contribution is 5.96. The summed E-state index contributed by atoms with van der Waals surface area (Å²) in [5, 5.41) is 0. The molecule has 3 aromatic rings. The van der Waals surface area contributed by atoms with Crippen molar-refractivity contribution in [3.05, 3.63) is 98.5 Å². The minimum atomic E-state index is -0.550. The maximum atomic E-state index is 13.3. The SMILES string of the molecule is COC(=O)c1c(OCCCc2ccccc2)cc(=O)n2c1CCN(C(=O)c1cc(C)ccc1C)CC2. The first-order chi connectivity index (χ1) is 17.4. The zero-order valence-corrected chi connectivity index (χ0v) is 21.1. The van der Waals surface area contributed by atoms with Gasteiger partial charge in [-0.1, -0.05) is 48.0 Å². The van der Waals surface area contributed by atoms with Gasteiger partial charge in [0.1, 0.15) is 11.3 Å². The number of hydrogen-bond acceptors (Lipinski definition) is 5. The molecule has 2 aromatic carbocycles. The van der Waals surface area contributed by atoms with Gasteiger partial charge in [-0.05, 0) is 43.9 Å². The molecule has 0 unspecified atom stereocenters. The topological polar surface area (TPSA) is 77.8 Å². The highest BCUT2D eigenvalue weighted by atomic mass is 16.5. The number of benzene rings is 2. The first-order valence-electron chi connectivity index (χ1n) is 12.3. The number of aryl methyl sites for hydroxylation is 3. The molecule has 0 N–H and O–H groups in total. The lowest BCUT2D eigenvalue weighted by Gasteiger charge is -2.21. The lowest BCUT2D eigenvalue weighted by Crippen LogP contribution is -2.34. The van der Waals surface area contributed by atoms with Crippen molar-refractivity contribution in [3.63, 3.8) is 0 Å². The Morgan fingerprint density at radius 1 is 0.972 bits per heavy atom. The predicted octanol–water partition coefficient (Wildman–Crippen LogP) is 3.96. The Balaban J connectivity index is 1.55. The van der Waals surface area contributed by atoms with Gasteiger partial charge in [-0.25, -0.2) is 4.79 Å². The van der Waals surface area contributed by atoms with Crippen LogP contribution < -0.4 is 10.3 Å². The molecule has 1 aliphatic rings. The first kappa shape index (κ1) is 25.2. The van der Waals surface area contributed by atoms with E-state index in [-0.39, 0.29) is 22.8 Å². The van der Waals surface area contributed by atoms with Crippen LogP contribution in [0.3, 0.4) is 0 Å². The molecule has 0 saturated heterocycles. The number of carbonyl (C=O) groups excluding carboxylic acids is 2. The van der Waals surface area contributed by atoms with Crippen LogP contribution in [0, 0.1) is 13.8 Å². The quantitative estimate of drug-likeness (QED) is 0.372. The Morgan fingerprint density at radius 3 is 2.50 bits per heavy atom. The van der Waals surface area contributed by atoms with E-state index in [1.54, 1.807) is 9.47 Å². The molecule has 0 spiro atoms. The van der Waals surface area contributed by atoms with E-state index in [0.717, 1.165) is 24.0 Å². The van der Waals surface area contributed by atoms with Gasteiger partial charge < -0.3 is 18.9 Å². The molecular weight excluding hydrogens is 456 g/mol. The van der Waals surface area contributed by atoms with Gasteiger partial charge in [-0.3, -0.25) is 9.59 Å². The number of nitrogens with zero attached hydrogens (tertiary/aromatic N) is 2. The number of carbonyl (C=O) groups is 2. The van der Waals surface area contributed by atoms with Gasteiger partial charge in [-0.15, -0.1) is 0 Å². The molecule has 7 nitrogen and oxygen atoms in total. The number of hydrogen-bond donors (Lipinski definition) is 0. The Hall–Kier alpha value is -3.87. The molecule has 1 amide bonds. The van der Waals surface area contributed by atoms with Crippen molar-refractivity contribution >= 4 is 11.9 Å². The number of rotatable bonds is 7. The summed E-state index contributed by atoms with van der Waals surface area (Å²) in [6.07, 6.45) is 1.91. The summed E-state index contributed by atoms with van der Waals surface area (Å²) in [6, 6.07) is 17.2. The van der Waals surface area contributed by atoms with E-state index in [1.807, 2.05) is 50.2 Å². The van der Waals surface area contributed by atoms with Crippen molar-refractivity contribution in [1.29, 1.82) is 0 Å². The fraction of sp³-hybridized carbons (Fsp3) is 0.345. The Bertz CT molecular complexity index is 1310. The highest BCUT2D eigenvalue weighted by Crippen LogP contribution is 2.25. The van der Waals surface area contributed by atoms with Crippen LogP contribution in [0.1, 0.15) is 49.5 Å². The highest BCUT2D eigenvalue weighted by Gasteiger charge is 2.28. The number of amides is 1. The van der Waals surface area contributed by atoms with E-state index in [9.17, 15) is 14.4 Å². The molecule has 7 heteroatoms. The average Bonchev–Trinajstić information content (AvgIpc) is 3.11. The van der Waals surface area contributed by atoms with Crippen molar-refractivity contribution in [3.8, 4) is 5.75 Å². The van der Waals surface area contributed by atoms with Crippen LogP contribution in [0.4, 0.5) is 0 Å². The summed E-state index contributed by atoms with van der Waals surface area (Å²) in [4.78, 5) is 40.9. The summed E-state index contributed by atoms with van der Waals surface area (Å²) in [5.74, 6) is -0.388. The number of fused-ring (bicyclic) bond motifs is 1. The van der Waals surface area contributed by atoms with E-state index >= 15 is 0 Å². The summed E-state index contributed by atoms with van der Waals surface area (Å²) >= 11 is 0. The second kappa shape index (κ2) is 11.2. The number of methoxy groups -OCH3 is 1. The van der Waals surface area contributed by atoms with Crippen LogP contribution in [-0.4, -0.2) is 48.1 Å². The van der Waals surface area contributed by atoms with Gasteiger partial charge in [0.2, 0.25) is 0 Å².